The molecule has 0 radical (unpaired) electrons. The molecule has 2 N–H and O–H groups in total. The molecule has 1 atom stereocenters. The molecule has 10 heteroatoms. The minimum absolute atomic E-state index is 0.0438. The van der Waals surface area contributed by atoms with Gasteiger partial charge in [-0.3, -0.25) is 23.7 Å². The molecule has 0 saturated heterocycles. The Morgan fingerprint density at radius 3 is 2.92 bits per heavy atom. The number of amides is 1. The van der Waals surface area contributed by atoms with Gasteiger partial charge in [0.15, 0.2) is 0 Å². The van der Waals surface area contributed by atoms with Crippen LogP contribution >= 0.6 is 27.7 Å². The average molecular weight is 442 g/mol. The van der Waals surface area contributed by atoms with Gasteiger partial charge in [-0.05, 0) is 12.1 Å². The van der Waals surface area contributed by atoms with Crippen molar-refractivity contribution in [1.82, 2.24) is 14.9 Å². The van der Waals surface area contributed by atoms with Crippen LogP contribution < -0.4 is 16.4 Å². The monoisotopic (exact) mass is 441 g/mol. The number of nitrogens with one attached hydrogen (secondary N) is 2. The van der Waals surface area contributed by atoms with Gasteiger partial charge in [-0.15, -0.1) is 11.8 Å². The Morgan fingerprint density at radius 2 is 2.19 bits per heavy atom. The van der Waals surface area contributed by atoms with Gasteiger partial charge < -0.3 is 15.0 Å². The summed E-state index contributed by atoms with van der Waals surface area (Å²) in [5.41, 5.74) is -0.220. The molecule has 26 heavy (non-hydrogen) atoms. The van der Waals surface area contributed by atoms with Crippen LogP contribution in [0.1, 0.15) is 18.9 Å². The normalized spacial score (nSPS) is 15.7. The van der Waals surface area contributed by atoms with Gasteiger partial charge in [0, 0.05) is 28.1 Å². The summed E-state index contributed by atoms with van der Waals surface area (Å²) >= 11 is 4.92. The van der Waals surface area contributed by atoms with Gasteiger partial charge in [0.25, 0.3) is 0 Å². The molecule has 1 amide bonds. The quantitative estimate of drug-likeness (QED) is 0.532. The van der Waals surface area contributed by atoms with Crippen molar-refractivity contribution in [2.75, 3.05) is 19.4 Å². The summed E-state index contributed by atoms with van der Waals surface area (Å²) in [6.07, 6.45) is 0.121. The number of hydrogen-bond acceptors (Lipinski definition) is 6. The molecule has 0 saturated carbocycles. The zero-order valence-corrected chi connectivity index (χ0v) is 16.2. The molecule has 0 aliphatic carbocycles. The molecule has 8 nitrogen and oxygen atoms in total. The number of aromatic amines is 1. The smallest absolute Gasteiger partial charge is 0.317 e. The Hall–Kier alpha value is -2.07. The Bertz CT molecular complexity index is 1000. The van der Waals surface area contributed by atoms with Crippen LogP contribution in [0, 0.1) is 0 Å². The SMILES string of the molecule is COC(=O)CCNC(=O)CC1CSc2cc(Br)cc3[nH]c(=O)c(=O)n1c23. The molecule has 0 spiro atoms. The van der Waals surface area contributed by atoms with Gasteiger partial charge in [-0.2, -0.15) is 0 Å². The maximum Gasteiger partial charge on any atom is 0.317 e. The molecular formula is C16H16BrN3O5S. The Balaban J connectivity index is 1.88. The first-order chi connectivity index (χ1) is 12.4. The van der Waals surface area contributed by atoms with E-state index in [1.54, 1.807) is 6.07 Å². The number of rotatable bonds is 5. The van der Waals surface area contributed by atoms with Crippen LogP contribution in [-0.2, 0) is 14.3 Å². The summed E-state index contributed by atoms with van der Waals surface area (Å²) < 4.78 is 6.72. The van der Waals surface area contributed by atoms with Gasteiger partial charge in [0.1, 0.15) is 0 Å². The Labute approximate surface area is 160 Å². The van der Waals surface area contributed by atoms with Gasteiger partial charge in [0.2, 0.25) is 5.91 Å². The van der Waals surface area contributed by atoms with Crippen molar-refractivity contribution in [3.05, 3.63) is 37.3 Å². The van der Waals surface area contributed by atoms with E-state index in [0.29, 0.717) is 16.8 Å². The van der Waals surface area contributed by atoms with E-state index in [1.165, 1.54) is 23.4 Å². The maximum atomic E-state index is 12.4. The number of aromatic nitrogens is 2. The molecule has 1 aliphatic heterocycles. The van der Waals surface area contributed by atoms with Crippen LogP contribution in [0.2, 0.25) is 0 Å². The van der Waals surface area contributed by atoms with Gasteiger partial charge in [-0.1, -0.05) is 15.9 Å². The highest BCUT2D eigenvalue weighted by Crippen LogP contribution is 2.37. The summed E-state index contributed by atoms with van der Waals surface area (Å²) in [5.74, 6) is -0.210. The van der Waals surface area contributed by atoms with Crippen molar-refractivity contribution in [2.24, 2.45) is 0 Å². The van der Waals surface area contributed by atoms with E-state index in [9.17, 15) is 19.2 Å². The lowest BCUT2D eigenvalue weighted by atomic mass is 10.2. The number of benzene rings is 1. The van der Waals surface area contributed by atoms with E-state index in [4.69, 9.17) is 0 Å². The second kappa shape index (κ2) is 7.67. The lowest BCUT2D eigenvalue weighted by molar-refractivity contribution is -0.140. The van der Waals surface area contributed by atoms with Crippen molar-refractivity contribution in [2.45, 2.75) is 23.8 Å². The minimum atomic E-state index is -0.718. The van der Waals surface area contributed by atoms with Crippen molar-refractivity contribution >= 4 is 50.6 Å². The number of hydrogen-bond donors (Lipinski definition) is 2. The van der Waals surface area contributed by atoms with Gasteiger partial charge in [-0.25, -0.2) is 0 Å². The highest BCUT2D eigenvalue weighted by Gasteiger charge is 2.27. The number of nitrogens with zero attached hydrogens (tertiary/aromatic N) is 1. The fourth-order valence-corrected chi connectivity index (χ4v) is 4.67. The standard InChI is InChI=1S/C16H16BrN3O5S/c1-25-13(22)2-3-18-12(21)6-9-7-26-11-5-8(17)4-10-14(11)20(9)16(24)15(23)19-10/h4-5,9H,2-3,6-7H2,1H3,(H,18,21)(H,19,23). The van der Waals surface area contributed by atoms with Gasteiger partial charge >= 0.3 is 17.1 Å². The fourth-order valence-electron chi connectivity index (χ4n) is 2.87. The predicted octanol–water partition coefficient (Wildman–Crippen LogP) is 1.17. The number of methoxy groups -OCH3 is 1. The first-order valence-electron chi connectivity index (χ1n) is 7.85. The van der Waals surface area contributed by atoms with Gasteiger partial charge in [0.05, 0.1) is 30.6 Å². The van der Waals surface area contributed by atoms with Crippen molar-refractivity contribution in [3.8, 4) is 0 Å². The molecule has 138 valence electrons. The molecule has 3 rings (SSSR count). The first-order valence-corrected chi connectivity index (χ1v) is 9.63. The van der Waals surface area contributed by atoms with Crippen molar-refractivity contribution < 1.29 is 14.3 Å². The number of thioether (sulfide) groups is 1. The third kappa shape index (κ3) is 3.70. The number of halogens is 1. The minimum Gasteiger partial charge on any atom is -0.469 e. The Morgan fingerprint density at radius 1 is 1.42 bits per heavy atom. The molecule has 1 aliphatic rings. The summed E-state index contributed by atoms with van der Waals surface area (Å²) in [5, 5.41) is 2.64. The number of H-pyrrole nitrogens is 1. The van der Waals surface area contributed by atoms with E-state index < -0.39 is 23.1 Å². The molecule has 0 bridgehead atoms. The van der Waals surface area contributed by atoms with Crippen molar-refractivity contribution in [1.29, 1.82) is 0 Å². The Kier molecular flexibility index (Phi) is 5.52. The van der Waals surface area contributed by atoms with Crippen LogP contribution in [0.15, 0.2) is 31.1 Å². The van der Waals surface area contributed by atoms with Crippen LogP contribution in [-0.4, -0.2) is 40.8 Å². The van der Waals surface area contributed by atoms with E-state index >= 15 is 0 Å². The zero-order valence-electron chi connectivity index (χ0n) is 13.8. The topological polar surface area (TPSA) is 110 Å². The largest absolute Gasteiger partial charge is 0.469 e. The number of ether oxygens (including phenoxy) is 1. The lowest BCUT2D eigenvalue weighted by Gasteiger charge is -2.26. The molecule has 1 unspecified atom stereocenters. The van der Waals surface area contributed by atoms with E-state index in [1.807, 2.05) is 6.07 Å². The predicted molar refractivity (Wildman–Crippen MR) is 101 cm³/mol. The molecule has 1 aromatic heterocycles. The van der Waals surface area contributed by atoms with Crippen LogP contribution in [0.5, 0.6) is 0 Å². The number of carbonyl (C=O) groups excluding carboxylic acids is 2. The highest BCUT2D eigenvalue weighted by molar-refractivity contribution is 9.10. The molecular weight excluding hydrogens is 426 g/mol. The fraction of sp³-hybridized carbons (Fsp3) is 0.375. The summed E-state index contributed by atoms with van der Waals surface area (Å²) in [6.45, 7) is 0.161. The highest BCUT2D eigenvalue weighted by atomic mass is 79.9. The summed E-state index contributed by atoms with van der Waals surface area (Å²) in [7, 11) is 1.28. The molecule has 2 heterocycles. The van der Waals surface area contributed by atoms with E-state index in [-0.39, 0.29) is 25.3 Å². The third-order valence-electron chi connectivity index (χ3n) is 4.04. The first kappa shape index (κ1) is 18.7. The second-order valence-corrected chi connectivity index (χ2v) is 7.75. The third-order valence-corrected chi connectivity index (χ3v) is 5.67. The van der Waals surface area contributed by atoms with Crippen LogP contribution in [0.25, 0.3) is 11.0 Å². The summed E-state index contributed by atoms with van der Waals surface area (Å²) in [4.78, 5) is 51.2. The maximum absolute atomic E-state index is 12.4. The molecule has 2 aromatic rings. The second-order valence-electron chi connectivity index (χ2n) is 5.77. The zero-order chi connectivity index (χ0) is 18.8. The molecule has 1 aromatic carbocycles. The average Bonchev–Trinajstić information content (AvgIpc) is 2.60. The number of carbonyl (C=O) groups is 2. The van der Waals surface area contributed by atoms with E-state index in [2.05, 4.69) is 31.0 Å². The van der Waals surface area contributed by atoms with Crippen LogP contribution in [0.4, 0.5) is 0 Å². The summed E-state index contributed by atoms with van der Waals surface area (Å²) in [6, 6.07) is 3.17. The number of esters is 1. The lowest BCUT2D eigenvalue weighted by Crippen LogP contribution is -2.41. The molecule has 0 fully saturated rings. The van der Waals surface area contributed by atoms with Crippen LogP contribution in [0.3, 0.4) is 0 Å². The van der Waals surface area contributed by atoms with Crippen molar-refractivity contribution in [3.63, 3.8) is 0 Å². The van der Waals surface area contributed by atoms with E-state index in [0.717, 1.165) is 9.37 Å².